The van der Waals surface area contributed by atoms with Gasteiger partial charge in [-0.3, -0.25) is 4.79 Å². The molecule has 104 valence electrons. The van der Waals surface area contributed by atoms with Crippen molar-refractivity contribution < 1.29 is 19.0 Å². The monoisotopic (exact) mass is 265 g/mol. The normalized spacial score (nSPS) is 15.9. The molecule has 0 radical (unpaired) electrons. The molecule has 0 aromatic heterocycles. The second kappa shape index (κ2) is 5.93. The number of nitrogens with one attached hydrogen (secondary N) is 1. The number of carbonyl (C=O) groups excluding carboxylic acids is 1. The highest BCUT2D eigenvalue weighted by Gasteiger charge is 2.22. The Labute approximate surface area is 112 Å². The zero-order valence-corrected chi connectivity index (χ0v) is 11.4. The average Bonchev–Trinajstić information content (AvgIpc) is 2.91. The number of hydrogen-bond donors (Lipinski definition) is 1. The molecule has 2 atom stereocenters. The maximum atomic E-state index is 11.4. The minimum atomic E-state index is -0.210. The van der Waals surface area contributed by atoms with E-state index in [1.54, 1.807) is 0 Å². The van der Waals surface area contributed by atoms with Crippen LogP contribution in [-0.4, -0.2) is 25.9 Å². The molecule has 19 heavy (non-hydrogen) atoms. The lowest BCUT2D eigenvalue weighted by Gasteiger charge is -2.19. The second-order valence-electron chi connectivity index (χ2n) is 4.63. The van der Waals surface area contributed by atoms with Gasteiger partial charge in [-0.1, -0.05) is 19.1 Å². The molecule has 1 aromatic carbocycles. The molecule has 1 aliphatic rings. The number of para-hydroxylation sites is 1. The minimum absolute atomic E-state index is 0.0191. The number of hydrogen-bond acceptors (Lipinski definition) is 5. The van der Waals surface area contributed by atoms with Gasteiger partial charge >= 0.3 is 5.97 Å². The van der Waals surface area contributed by atoms with Crippen LogP contribution in [0.15, 0.2) is 18.2 Å². The number of benzene rings is 1. The molecular weight excluding hydrogens is 246 g/mol. The van der Waals surface area contributed by atoms with Gasteiger partial charge in [-0.25, -0.2) is 0 Å². The Morgan fingerprint density at radius 3 is 2.95 bits per heavy atom. The van der Waals surface area contributed by atoms with Crippen LogP contribution in [0.1, 0.15) is 19.4 Å². The van der Waals surface area contributed by atoms with Gasteiger partial charge in [-0.05, 0) is 13.0 Å². The average molecular weight is 265 g/mol. The molecule has 2 rings (SSSR count). The van der Waals surface area contributed by atoms with Gasteiger partial charge in [0, 0.05) is 18.2 Å². The highest BCUT2D eigenvalue weighted by atomic mass is 16.7. The topological polar surface area (TPSA) is 56.8 Å². The molecule has 0 saturated carbocycles. The molecule has 1 heterocycles. The fourth-order valence-corrected chi connectivity index (χ4v) is 1.97. The molecule has 0 fully saturated rings. The molecule has 1 aromatic rings. The molecule has 2 unspecified atom stereocenters. The van der Waals surface area contributed by atoms with E-state index in [1.165, 1.54) is 7.11 Å². The second-order valence-corrected chi connectivity index (χ2v) is 4.63. The van der Waals surface area contributed by atoms with Crippen LogP contribution in [0.3, 0.4) is 0 Å². The molecular formula is C14H19NO4. The molecule has 5 heteroatoms. The third-order valence-corrected chi connectivity index (χ3v) is 3.42. The van der Waals surface area contributed by atoms with Crippen LogP contribution in [0.5, 0.6) is 11.5 Å². The zero-order valence-electron chi connectivity index (χ0n) is 11.4. The van der Waals surface area contributed by atoms with Crippen LogP contribution in [-0.2, 0) is 16.1 Å². The molecule has 0 saturated heterocycles. The van der Waals surface area contributed by atoms with E-state index in [0.29, 0.717) is 6.54 Å². The number of carbonyl (C=O) groups is 1. The van der Waals surface area contributed by atoms with Gasteiger partial charge < -0.3 is 19.5 Å². The first-order valence-corrected chi connectivity index (χ1v) is 6.32. The Hall–Kier alpha value is -1.75. The quantitative estimate of drug-likeness (QED) is 0.821. The van der Waals surface area contributed by atoms with E-state index < -0.39 is 0 Å². The van der Waals surface area contributed by atoms with Gasteiger partial charge in [0.2, 0.25) is 6.79 Å². The van der Waals surface area contributed by atoms with Gasteiger partial charge in [0.15, 0.2) is 11.5 Å². The number of methoxy groups -OCH3 is 1. The summed E-state index contributed by atoms with van der Waals surface area (Å²) >= 11 is 0. The number of esters is 1. The first kappa shape index (κ1) is 13.7. The van der Waals surface area contributed by atoms with Gasteiger partial charge in [0.05, 0.1) is 13.0 Å². The minimum Gasteiger partial charge on any atom is -0.469 e. The Balaban J connectivity index is 1.96. The van der Waals surface area contributed by atoms with Gasteiger partial charge in [0.1, 0.15) is 0 Å². The lowest BCUT2D eigenvalue weighted by atomic mass is 10.0. The number of ether oxygens (including phenoxy) is 3. The smallest absolute Gasteiger partial charge is 0.309 e. The third-order valence-electron chi connectivity index (χ3n) is 3.42. The standard InChI is InChI=1S/C14H19NO4/c1-9(14(16)17-3)10(2)15-7-11-5-4-6-12-13(11)19-8-18-12/h4-6,9-10,15H,7-8H2,1-3H3. The molecule has 1 N–H and O–H groups in total. The Morgan fingerprint density at radius 2 is 2.21 bits per heavy atom. The first-order chi connectivity index (χ1) is 9.13. The zero-order chi connectivity index (χ0) is 13.8. The van der Waals surface area contributed by atoms with Gasteiger partial charge in [-0.15, -0.1) is 0 Å². The largest absolute Gasteiger partial charge is 0.469 e. The van der Waals surface area contributed by atoms with Crippen molar-refractivity contribution in [2.45, 2.75) is 26.4 Å². The van der Waals surface area contributed by atoms with E-state index in [2.05, 4.69) is 5.32 Å². The fourth-order valence-electron chi connectivity index (χ4n) is 1.97. The van der Waals surface area contributed by atoms with Crippen molar-refractivity contribution in [1.29, 1.82) is 0 Å². The highest BCUT2D eigenvalue weighted by Crippen LogP contribution is 2.35. The SMILES string of the molecule is COC(=O)C(C)C(C)NCc1cccc2c1OCO2. The van der Waals surface area contributed by atoms with Crippen LogP contribution in [0.2, 0.25) is 0 Å². The summed E-state index contributed by atoms with van der Waals surface area (Å²) in [6.45, 7) is 4.69. The van der Waals surface area contributed by atoms with Crippen molar-refractivity contribution in [3.63, 3.8) is 0 Å². The van der Waals surface area contributed by atoms with Crippen molar-refractivity contribution >= 4 is 5.97 Å². The summed E-state index contributed by atoms with van der Waals surface area (Å²) < 4.78 is 15.5. The van der Waals surface area contributed by atoms with E-state index in [-0.39, 0.29) is 24.7 Å². The summed E-state index contributed by atoms with van der Waals surface area (Å²) in [4.78, 5) is 11.4. The predicted molar refractivity (Wildman–Crippen MR) is 70.0 cm³/mol. The third kappa shape index (κ3) is 2.98. The summed E-state index contributed by atoms with van der Waals surface area (Å²) in [6.07, 6.45) is 0. The van der Waals surface area contributed by atoms with E-state index >= 15 is 0 Å². The molecule has 0 bridgehead atoms. The van der Waals surface area contributed by atoms with Crippen molar-refractivity contribution in [3.05, 3.63) is 23.8 Å². The van der Waals surface area contributed by atoms with Crippen LogP contribution in [0, 0.1) is 5.92 Å². The van der Waals surface area contributed by atoms with Crippen LogP contribution < -0.4 is 14.8 Å². The number of fused-ring (bicyclic) bond motifs is 1. The van der Waals surface area contributed by atoms with E-state index in [0.717, 1.165) is 17.1 Å². The summed E-state index contributed by atoms with van der Waals surface area (Å²) in [6, 6.07) is 5.81. The van der Waals surface area contributed by atoms with Crippen LogP contribution >= 0.6 is 0 Å². The van der Waals surface area contributed by atoms with Crippen molar-refractivity contribution in [2.75, 3.05) is 13.9 Å². The Morgan fingerprint density at radius 1 is 1.42 bits per heavy atom. The van der Waals surface area contributed by atoms with Gasteiger partial charge in [0.25, 0.3) is 0 Å². The maximum Gasteiger partial charge on any atom is 0.309 e. The Bertz CT molecular complexity index is 461. The molecule has 1 aliphatic heterocycles. The van der Waals surface area contributed by atoms with Crippen LogP contribution in [0.4, 0.5) is 0 Å². The maximum absolute atomic E-state index is 11.4. The van der Waals surface area contributed by atoms with E-state index in [4.69, 9.17) is 14.2 Å². The lowest BCUT2D eigenvalue weighted by Crippen LogP contribution is -2.36. The molecule has 0 amide bonds. The molecule has 5 nitrogen and oxygen atoms in total. The van der Waals surface area contributed by atoms with E-state index in [9.17, 15) is 4.79 Å². The van der Waals surface area contributed by atoms with Crippen molar-refractivity contribution in [3.8, 4) is 11.5 Å². The predicted octanol–water partition coefficient (Wildman–Crippen LogP) is 1.70. The molecule has 0 spiro atoms. The van der Waals surface area contributed by atoms with Crippen molar-refractivity contribution in [2.24, 2.45) is 5.92 Å². The van der Waals surface area contributed by atoms with E-state index in [1.807, 2.05) is 32.0 Å². The fraction of sp³-hybridized carbons (Fsp3) is 0.500. The Kier molecular flexibility index (Phi) is 4.27. The van der Waals surface area contributed by atoms with Crippen LogP contribution in [0.25, 0.3) is 0 Å². The number of rotatable bonds is 5. The van der Waals surface area contributed by atoms with Crippen molar-refractivity contribution in [1.82, 2.24) is 5.32 Å². The summed E-state index contributed by atoms with van der Waals surface area (Å²) in [5.41, 5.74) is 1.03. The summed E-state index contributed by atoms with van der Waals surface area (Å²) in [5.74, 6) is 1.15. The molecule has 0 aliphatic carbocycles. The first-order valence-electron chi connectivity index (χ1n) is 6.32. The highest BCUT2D eigenvalue weighted by molar-refractivity contribution is 5.72. The summed E-state index contributed by atoms with van der Waals surface area (Å²) in [5, 5.41) is 3.31. The summed E-state index contributed by atoms with van der Waals surface area (Å²) in [7, 11) is 1.40. The van der Waals surface area contributed by atoms with Gasteiger partial charge in [-0.2, -0.15) is 0 Å². The lowest BCUT2D eigenvalue weighted by molar-refractivity contribution is -0.145.